The minimum Gasteiger partial charge on any atom is -0.439 e. The van der Waals surface area contributed by atoms with Gasteiger partial charge in [0.25, 0.3) is 0 Å². The Hall–Kier alpha value is -2.96. The Balaban J connectivity index is 1.97. The average Bonchev–Trinajstić information content (AvgIpc) is 3.08. The smallest absolute Gasteiger partial charge is 0.222 e. The maximum atomic E-state index is 13.8. The molecule has 3 rings (SSSR count). The van der Waals surface area contributed by atoms with Crippen molar-refractivity contribution in [3.05, 3.63) is 78.6 Å². The van der Waals surface area contributed by atoms with Crippen LogP contribution in [0.15, 0.2) is 67.3 Å². The number of hydrogen-bond donors (Lipinski definition) is 1. The summed E-state index contributed by atoms with van der Waals surface area (Å²) >= 11 is 0. The van der Waals surface area contributed by atoms with Crippen LogP contribution in [-0.2, 0) is 13.6 Å². The number of aromatic nitrogens is 2. The number of ether oxygens (including phenoxy) is 1. The number of aliphatic hydroxyl groups is 1. The molecule has 1 aromatic heterocycles. The van der Waals surface area contributed by atoms with Crippen LogP contribution in [0, 0.1) is 5.82 Å². The number of aryl methyl sites for hydroxylation is 1. The third-order valence-electron chi connectivity index (χ3n) is 5.24. The number of halogens is 1. The standard InChI is InChI=1S/C26H32FN3O2/c1-4-6-14-22(31)18-30(16-5-2)19-24-25(20-11-8-7-9-12-20)28-29(3)26(24)32-23-15-10-13-21(27)17-23/h4,7-13,15,17,22,31H,1,5-6,14,16,18-19H2,2-3H3/t22-/m0/s1. The molecule has 0 amide bonds. The van der Waals surface area contributed by atoms with Gasteiger partial charge in [-0.25, -0.2) is 9.07 Å². The molecule has 5 nitrogen and oxygen atoms in total. The first kappa shape index (κ1) is 23.7. The summed E-state index contributed by atoms with van der Waals surface area (Å²) in [6, 6.07) is 16.1. The Labute approximate surface area is 189 Å². The van der Waals surface area contributed by atoms with Crippen molar-refractivity contribution in [2.45, 2.75) is 38.8 Å². The summed E-state index contributed by atoms with van der Waals surface area (Å²) in [7, 11) is 1.83. The number of rotatable bonds is 12. The summed E-state index contributed by atoms with van der Waals surface area (Å²) < 4.78 is 21.6. The fraction of sp³-hybridized carbons (Fsp3) is 0.346. The highest BCUT2D eigenvalue weighted by Crippen LogP contribution is 2.34. The summed E-state index contributed by atoms with van der Waals surface area (Å²) in [4.78, 5) is 2.22. The van der Waals surface area contributed by atoms with E-state index in [0.717, 1.165) is 36.2 Å². The second kappa shape index (κ2) is 11.6. The van der Waals surface area contributed by atoms with Gasteiger partial charge in [0.15, 0.2) is 0 Å². The lowest BCUT2D eigenvalue weighted by Crippen LogP contribution is -2.33. The van der Waals surface area contributed by atoms with Crippen molar-refractivity contribution < 1.29 is 14.2 Å². The summed E-state index contributed by atoms with van der Waals surface area (Å²) in [6.45, 7) is 7.79. The minimum absolute atomic E-state index is 0.354. The lowest BCUT2D eigenvalue weighted by Gasteiger charge is -2.25. The predicted octanol–water partition coefficient (Wildman–Crippen LogP) is 5.56. The van der Waals surface area contributed by atoms with E-state index in [1.54, 1.807) is 16.8 Å². The van der Waals surface area contributed by atoms with E-state index in [1.807, 2.05) is 43.5 Å². The molecule has 0 radical (unpaired) electrons. The molecule has 0 unspecified atom stereocenters. The van der Waals surface area contributed by atoms with Crippen molar-refractivity contribution in [2.24, 2.45) is 7.05 Å². The highest BCUT2D eigenvalue weighted by atomic mass is 19.1. The largest absolute Gasteiger partial charge is 0.439 e. The molecule has 0 saturated carbocycles. The number of aliphatic hydroxyl groups excluding tert-OH is 1. The molecule has 0 bridgehead atoms. The Kier molecular flexibility index (Phi) is 8.59. The fourth-order valence-corrected chi connectivity index (χ4v) is 3.77. The molecular formula is C26H32FN3O2. The predicted molar refractivity (Wildman–Crippen MR) is 126 cm³/mol. The Bertz CT molecular complexity index is 1000. The van der Waals surface area contributed by atoms with Gasteiger partial charge in [-0.2, -0.15) is 5.10 Å². The average molecular weight is 438 g/mol. The van der Waals surface area contributed by atoms with Crippen molar-refractivity contribution in [2.75, 3.05) is 13.1 Å². The lowest BCUT2D eigenvalue weighted by atomic mass is 10.1. The van der Waals surface area contributed by atoms with Crippen LogP contribution in [0.1, 0.15) is 31.7 Å². The maximum absolute atomic E-state index is 13.8. The molecule has 1 atom stereocenters. The summed E-state index contributed by atoms with van der Waals surface area (Å²) in [5, 5.41) is 15.2. The van der Waals surface area contributed by atoms with Gasteiger partial charge >= 0.3 is 0 Å². The second-order valence-electron chi connectivity index (χ2n) is 7.94. The van der Waals surface area contributed by atoms with E-state index in [1.165, 1.54) is 12.1 Å². The van der Waals surface area contributed by atoms with E-state index in [2.05, 4.69) is 18.4 Å². The van der Waals surface area contributed by atoms with Crippen LogP contribution < -0.4 is 4.74 Å². The van der Waals surface area contributed by atoms with Crippen molar-refractivity contribution in [3.8, 4) is 22.9 Å². The van der Waals surface area contributed by atoms with E-state index >= 15 is 0 Å². The third-order valence-corrected chi connectivity index (χ3v) is 5.24. The molecular weight excluding hydrogens is 405 g/mol. The van der Waals surface area contributed by atoms with Gasteiger partial charge < -0.3 is 9.84 Å². The normalized spacial score (nSPS) is 12.2. The monoisotopic (exact) mass is 437 g/mol. The molecule has 6 heteroatoms. The lowest BCUT2D eigenvalue weighted by molar-refractivity contribution is 0.102. The molecule has 0 aliphatic carbocycles. The van der Waals surface area contributed by atoms with E-state index in [9.17, 15) is 9.50 Å². The number of nitrogens with zero attached hydrogens (tertiary/aromatic N) is 3. The van der Waals surface area contributed by atoms with Crippen molar-refractivity contribution in [1.82, 2.24) is 14.7 Å². The topological polar surface area (TPSA) is 50.5 Å². The Morgan fingerprint density at radius 2 is 2.00 bits per heavy atom. The minimum atomic E-state index is -0.441. The molecule has 1 N–H and O–H groups in total. The van der Waals surface area contributed by atoms with E-state index in [-0.39, 0.29) is 5.82 Å². The van der Waals surface area contributed by atoms with Gasteiger partial charge in [0.2, 0.25) is 5.88 Å². The number of benzene rings is 2. The van der Waals surface area contributed by atoms with Gasteiger partial charge in [-0.05, 0) is 37.9 Å². The first-order valence-corrected chi connectivity index (χ1v) is 11.1. The number of hydrogen-bond acceptors (Lipinski definition) is 4. The zero-order chi connectivity index (χ0) is 22.9. The quantitative estimate of drug-likeness (QED) is 0.377. The van der Waals surface area contributed by atoms with Gasteiger partial charge in [-0.3, -0.25) is 4.90 Å². The molecule has 170 valence electrons. The molecule has 0 saturated heterocycles. The molecule has 3 aromatic rings. The van der Waals surface area contributed by atoms with Crippen LogP contribution in [0.5, 0.6) is 11.6 Å². The molecule has 0 aliphatic heterocycles. The summed E-state index contributed by atoms with van der Waals surface area (Å²) in [6.07, 6.45) is 3.79. The summed E-state index contributed by atoms with van der Waals surface area (Å²) in [5.41, 5.74) is 2.71. The first-order chi connectivity index (χ1) is 15.5. The van der Waals surface area contributed by atoms with Crippen LogP contribution in [0.3, 0.4) is 0 Å². The molecule has 32 heavy (non-hydrogen) atoms. The molecule has 0 fully saturated rings. The van der Waals surface area contributed by atoms with E-state index in [4.69, 9.17) is 9.84 Å². The zero-order valence-corrected chi connectivity index (χ0v) is 18.9. The van der Waals surface area contributed by atoms with E-state index in [0.29, 0.717) is 31.1 Å². The maximum Gasteiger partial charge on any atom is 0.222 e. The first-order valence-electron chi connectivity index (χ1n) is 11.1. The Morgan fingerprint density at radius 3 is 2.69 bits per heavy atom. The van der Waals surface area contributed by atoms with Gasteiger partial charge in [0.05, 0.1) is 11.7 Å². The second-order valence-corrected chi connectivity index (χ2v) is 7.94. The highest BCUT2D eigenvalue weighted by Gasteiger charge is 2.23. The SMILES string of the molecule is C=CCC[C@H](O)CN(CCC)Cc1c(-c2ccccc2)nn(C)c1Oc1cccc(F)c1. The van der Waals surface area contributed by atoms with Gasteiger partial charge in [0.1, 0.15) is 17.3 Å². The van der Waals surface area contributed by atoms with Gasteiger partial charge in [0, 0.05) is 31.8 Å². The Morgan fingerprint density at radius 1 is 1.22 bits per heavy atom. The number of allylic oxidation sites excluding steroid dienone is 1. The van der Waals surface area contributed by atoms with Crippen LogP contribution in [0.2, 0.25) is 0 Å². The van der Waals surface area contributed by atoms with Crippen LogP contribution in [0.4, 0.5) is 4.39 Å². The molecule has 2 aromatic carbocycles. The van der Waals surface area contributed by atoms with Crippen LogP contribution in [0.25, 0.3) is 11.3 Å². The van der Waals surface area contributed by atoms with Crippen LogP contribution >= 0.6 is 0 Å². The van der Waals surface area contributed by atoms with Crippen molar-refractivity contribution in [3.63, 3.8) is 0 Å². The summed E-state index contributed by atoms with van der Waals surface area (Å²) in [5.74, 6) is 0.630. The van der Waals surface area contributed by atoms with Crippen LogP contribution in [-0.4, -0.2) is 39.0 Å². The molecule has 0 spiro atoms. The fourth-order valence-electron chi connectivity index (χ4n) is 3.77. The molecule has 0 aliphatic rings. The van der Waals surface area contributed by atoms with Crippen molar-refractivity contribution >= 4 is 0 Å². The van der Waals surface area contributed by atoms with Gasteiger partial charge in [-0.15, -0.1) is 6.58 Å². The van der Waals surface area contributed by atoms with Crippen molar-refractivity contribution in [1.29, 1.82) is 0 Å². The third kappa shape index (κ3) is 6.28. The highest BCUT2D eigenvalue weighted by molar-refractivity contribution is 5.65. The van der Waals surface area contributed by atoms with E-state index < -0.39 is 6.10 Å². The van der Waals surface area contributed by atoms with Gasteiger partial charge in [-0.1, -0.05) is 49.4 Å². The molecule has 1 heterocycles. The zero-order valence-electron chi connectivity index (χ0n) is 18.9.